The van der Waals surface area contributed by atoms with Crippen molar-refractivity contribution in [3.05, 3.63) is 0 Å². The van der Waals surface area contributed by atoms with Gasteiger partial charge in [-0.25, -0.2) is 0 Å². The molecule has 0 radical (unpaired) electrons. The van der Waals surface area contributed by atoms with E-state index in [9.17, 15) is 9.59 Å². The van der Waals surface area contributed by atoms with E-state index < -0.39 is 5.97 Å². The molecule has 1 aliphatic carbocycles. The number of rotatable bonds is 5. The molecule has 2 fully saturated rings. The number of nitrogens with one attached hydrogen (secondary N) is 1. The second-order valence-corrected chi connectivity index (χ2v) is 4.84. The van der Waals surface area contributed by atoms with Crippen LogP contribution in [0, 0.1) is 11.8 Å². The lowest BCUT2D eigenvalue weighted by Crippen LogP contribution is -2.55. The molecule has 1 saturated heterocycles. The number of carbonyl (C=O) groups excluding carboxylic acids is 1. The van der Waals surface area contributed by atoms with Crippen LogP contribution in [0.1, 0.15) is 19.8 Å². The summed E-state index contributed by atoms with van der Waals surface area (Å²) in [6.07, 6.45) is 2.35. The zero-order chi connectivity index (χ0) is 11.7. The van der Waals surface area contributed by atoms with E-state index in [4.69, 9.17) is 5.11 Å². The average molecular weight is 226 g/mol. The minimum Gasteiger partial charge on any atom is -0.481 e. The third-order valence-corrected chi connectivity index (χ3v) is 3.48. The predicted octanol–water partition coefficient (Wildman–Crippen LogP) is -0.0825. The summed E-state index contributed by atoms with van der Waals surface area (Å²) in [5.74, 6) is -0.892. The van der Waals surface area contributed by atoms with Gasteiger partial charge in [-0.05, 0) is 12.8 Å². The van der Waals surface area contributed by atoms with Gasteiger partial charge < -0.3 is 15.3 Å². The molecule has 1 aliphatic heterocycles. The van der Waals surface area contributed by atoms with E-state index in [0.717, 1.165) is 0 Å². The second kappa shape index (κ2) is 4.41. The van der Waals surface area contributed by atoms with Crippen LogP contribution in [0.4, 0.5) is 0 Å². The van der Waals surface area contributed by atoms with Gasteiger partial charge in [0.1, 0.15) is 0 Å². The first kappa shape index (κ1) is 11.4. The molecule has 2 rings (SSSR count). The SMILES string of the molecule is CC(C(=O)O)C1CN(C(=O)CNC2CC2)C1. The fourth-order valence-electron chi connectivity index (χ4n) is 1.87. The minimum absolute atomic E-state index is 0.0979. The highest BCUT2D eigenvalue weighted by atomic mass is 16.4. The maximum Gasteiger partial charge on any atom is 0.306 e. The Balaban J connectivity index is 1.66. The quantitative estimate of drug-likeness (QED) is 0.688. The van der Waals surface area contributed by atoms with Crippen molar-refractivity contribution in [3.63, 3.8) is 0 Å². The topological polar surface area (TPSA) is 69.6 Å². The van der Waals surface area contributed by atoms with Gasteiger partial charge in [0.05, 0.1) is 12.5 Å². The standard InChI is InChI=1S/C11H18N2O3/c1-7(11(15)16)8-5-13(6-8)10(14)4-12-9-2-3-9/h7-9,12H,2-6H2,1H3,(H,15,16). The van der Waals surface area contributed by atoms with Crippen molar-refractivity contribution in [2.45, 2.75) is 25.8 Å². The average Bonchev–Trinajstić information content (AvgIpc) is 2.95. The van der Waals surface area contributed by atoms with Crippen LogP contribution in [-0.2, 0) is 9.59 Å². The summed E-state index contributed by atoms with van der Waals surface area (Å²) in [6.45, 7) is 3.30. The Kier molecular flexibility index (Phi) is 3.14. The maximum absolute atomic E-state index is 11.6. The van der Waals surface area contributed by atoms with E-state index >= 15 is 0 Å². The Morgan fingerprint density at radius 2 is 2.06 bits per heavy atom. The number of likely N-dealkylation sites (tertiary alicyclic amines) is 1. The van der Waals surface area contributed by atoms with Gasteiger partial charge in [-0.15, -0.1) is 0 Å². The first-order valence-corrected chi connectivity index (χ1v) is 5.82. The van der Waals surface area contributed by atoms with Crippen LogP contribution in [0.2, 0.25) is 0 Å². The molecule has 5 nitrogen and oxygen atoms in total. The van der Waals surface area contributed by atoms with Crippen molar-refractivity contribution >= 4 is 11.9 Å². The Morgan fingerprint density at radius 1 is 1.44 bits per heavy atom. The van der Waals surface area contributed by atoms with Gasteiger partial charge in [-0.3, -0.25) is 9.59 Å². The Bertz CT molecular complexity index is 296. The largest absolute Gasteiger partial charge is 0.481 e. The van der Waals surface area contributed by atoms with Gasteiger partial charge in [0.15, 0.2) is 0 Å². The van der Waals surface area contributed by atoms with E-state index in [2.05, 4.69) is 5.32 Å². The summed E-state index contributed by atoms with van der Waals surface area (Å²) < 4.78 is 0. The van der Waals surface area contributed by atoms with E-state index in [-0.39, 0.29) is 17.7 Å². The van der Waals surface area contributed by atoms with Gasteiger partial charge in [0, 0.05) is 25.0 Å². The Hall–Kier alpha value is -1.10. The van der Waals surface area contributed by atoms with E-state index in [1.165, 1.54) is 12.8 Å². The first-order chi connectivity index (χ1) is 7.58. The van der Waals surface area contributed by atoms with E-state index in [1.54, 1.807) is 11.8 Å². The number of carbonyl (C=O) groups is 2. The molecule has 2 aliphatic rings. The minimum atomic E-state index is -0.770. The number of aliphatic carboxylic acids is 1. The molecule has 1 amide bonds. The molecular weight excluding hydrogens is 208 g/mol. The van der Waals surface area contributed by atoms with Crippen molar-refractivity contribution in [2.75, 3.05) is 19.6 Å². The molecule has 90 valence electrons. The van der Waals surface area contributed by atoms with Crippen LogP contribution in [0.15, 0.2) is 0 Å². The zero-order valence-electron chi connectivity index (χ0n) is 9.48. The Labute approximate surface area is 94.8 Å². The number of hydrogen-bond acceptors (Lipinski definition) is 3. The lowest BCUT2D eigenvalue weighted by molar-refractivity contribution is -0.150. The van der Waals surface area contributed by atoms with Gasteiger partial charge in [0.25, 0.3) is 0 Å². The Morgan fingerprint density at radius 3 is 2.56 bits per heavy atom. The van der Waals surface area contributed by atoms with E-state index in [0.29, 0.717) is 25.7 Å². The number of hydrogen-bond donors (Lipinski definition) is 2. The van der Waals surface area contributed by atoms with Crippen LogP contribution >= 0.6 is 0 Å². The molecule has 1 atom stereocenters. The lowest BCUT2D eigenvalue weighted by Gasteiger charge is -2.41. The summed E-state index contributed by atoms with van der Waals surface area (Å²) in [6, 6.07) is 0.541. The highest BCUT2D eigenvalue weighted by Crippen LogP contribution is 2.24. The molecule has 5 heteroatoms. The lowest BCUT2D eigenvalue weighted by atomic mass is 9.87. The summed E-state index contributed by atoms with van der Waals surface area (Å²) >= 11 is 0. The van der Waals surface area contributed by atoms with Crippen LogP contribution in [0.5, 0.6) is 0 Å². The molecule has 2 N–H and O–H groups in total. The molecular formula is C11H18N2O3. The number of amides is 1. The van der Waals surface area contributed by atoms with Crippen molar-refractivity contribution in [3.8, 4) is 0 Å². The van der Waals surface area contributed by atoms with Crippen molar-refractivity contribution in [2.24, 2.45) is 11.8 Å². The summed E-state index contributed by atoms with van der Waals surface area (Å²) in [4.78, 5) is 24.1. The van der Waals surface area contributed by atoms with Crippen molar-refractivity contribution in [1.29, 1.82) is 0 Å². The fraction of sp³-hybridized carbons (Fsp3) is 0.818. The maximum atomic E-state index is 11.6. The van der Waals surface area contributed by atoms with Gasteiger partial charge in [-0.2, -0.15) is 0 Å². The molecule has 0 spiro atoms. The van der Waals surface area contributed by atoms with Crippen LogP contribution in [0.3, 0.4) is 0 Å². The monoisotopic (exact) mass is 226 g/mol. The predicted molar refractivity (Wildman–Crippen MR) is 57.9 cm³/mol. The van der Waals surface area contributed by atoms with Gasteiger partial charge in [0.2, 0.25) is 5.91 Å². The second-order valence-electron chi connectivity index (χ2n) is 4.84. The van der Waals surface area contributed by atoms with Gasteiger partial charge >= 0.3 is 5.97 Å². The zero-order valence-corrected chi connectivity index (χ0v) is 9.48. The highest BCUT2D eigenvalue weighted by Gasteiger charge is 2.37. The van der Waals surface area contributed by atoms with Gasteiger partial charge in [-0.1, -0.05) is 6.92 Å². The molecule has 0 bridgehead atoms. The fourth-order valence-corrected chi connectivity index (χ4v) is 1.87. The van der Waals surface area contributed by atoms with Crippen LogP contribution in [0.25, 0.3) is 0 Å². The molecule has 1 unspecified atom stereocenters. The molecule has 0 aromatic carbocycles. The van der Waals surface area contributed by atoms with Crippen LogP contribution < -0.4 is 5.32 Å². The molecule has 0 aromatic heterocycles. The number of nitrogens with zero attached hydrogens (tertiary/aromatic N) is 1. The third-order valence-electron chi connectivity index (χ3n) is 3.48. The smallest absolute Gasteiger partial charge is 0.306 e. The first-order valence-electron chi connectivity index (χ1n) is 5.82. The summed E-state index contributed by atoms with van der Waals surface area (Å²) in [7, 11) is 0. The summed E-state index contributed by atoms with van der Waals surface area (Å²) in [5.41, 5.74) is 0. The molecule has 1 saturated carbocycles. The van der Waals surface area contributed by atoms with Crippen molar-refractivity contribution < 1.29 is 14.7 Å². The third kappa shape index (κ3) is 2.52. The summed E-state index contributed by atoms with van der Waals surface area (Å²) in [5, 5.41) is 12.0. The molecule has 16 heavy (non-hydrogen) atoms. The molecule has 0 aromatic rings. The molecule has 1 heterocycles. The van der Waals surface area contributed by atoms with Crippen LogP contribution in [-0.4, -0.2) is 47.6 Å². The van der Waals surface area contributed by atoms with Crippen molar-refractivity contribution in [1.82, 2.24) is 10.2 Å². The highest BCUT2D eigenvalue weighted by molar-refractivity contribution is 5.79. The van der Waals surface area contributed by atoms with E-state index in [1.807, 2.05) is 0 Å². The number of carboxylic acids is 1. The normalized spacial score (nSPS) is 22.7. The number of carboxylic acid groups (broad SMARTS) is 1.